The van der Waals surface area contributed by atoms with Crippen LogP contribution in [0.25, 0.3) is 22.3 Å². The van der Waals surface area contributed by atoms with E-state index in [1.165, 1.54) is 0 Å². The van der Waals surface area contributed by atoms with Crippen molar-refractivity contribution >= 4 is 17.1 Å². The lowest BCUT2D eigenvalue weighted by atomic mass is 9.99. The molecule has 0 aliphatic carbocycles. The number of carbonyl (C=O) groups is 1. The average Bonchev–Trinajstić information content (AvgIpc) is 2.63. The molecular formula is C23H26N2O4. The van der Waals surface area contributed by atoms with Gasteiger partial charge in [0.1, 0.15) is 16.9 Å². The van der Waals surface area contributed by atoms with E-state index in [9.17, 15) is 9.59 Å². The number of carbonyl (C=O) groups excluding carboxylic acids is 1. The number of hydrogen-bond donors (Lipinski definition) is 1. The number of benzene rings is 1. The number of aromatic nitrogens is 1. The Hall–Kier alpha value is -3.15. The van der Waals surface area contributed by atoms with Crippen molar-refractivity contribution in [2.75, 3.05) is 0 Å². The summed E-state index contributed by atoms with van der Waals surface area (Å²) in [6, 6.07) is 6.95. The van der Waals surface area contributed by atoms with Crippen LogP contribution in [0.4, 0.5) is 4.79 Å². The summed E-state index contributed by atoms with van der Waals surface area (Å²) in [5, 5.41) is 3.32. The van der Waals surface area contributed by atoms with Crippen molar-refractivity contribution < 1.29 is 13.9 Å². The monoisotopic (exact) mass is 394 g/mol. The summed E-state index contributed by atoms with van der Waals surface area (Å²) in [4.78, 5) is 29.4. The van der Waals surface area contributed by atoms with Crippen molar-refractivity contribution in [2.24, 2.45) is 0 Å². The molecule has 6 nitrogen and oxygen atoms in total. The van der Waals surface area contributed by atoms with E-state index >= 15 is 0 Å². The van der Waals surface area contributed by atoms with E-state index in [2.05, 4.69) is 10.3 Å². The fraction of sp³-hybridized carbons (Fsp3) is 0.348. The van der Waals surface area contributed by atoms with Crippen molar-refractivity contribution in [1.29, 1.82) is 0 Å². The maximum atomic E-state index is 13.1. The Balaban J connectivity index is 2.13. The smallest absolute Gasteiger partial charge is 0.408 e. The highest BCUT2D eigenvalue weighted by Gasteiger charge is 2.22. The van der Waals surface area contributed by atoms with Crippen LogP contribution in [-0.4, -0.2) is 16.7 Å². The van der Waals surface area contributed by atoms with Crippen LogP contribution in [0.3, 0.4) is 0 Å². The van der Waals surface area contributed by atoms with E-state index in [1.807, 2.05) is 32.0 Å². The van der Waals surface area contributed by atoms with Gasteiger partial charge >= 0.3 is 6.09 Å². The molecule has 2 heterocycles. The van der Waals surface area contributed by atoms with Gasteiger partial charge in [0.05, 0.1) is 11.4 Å². The molecule has 3 rings (SSSR count). The Morgan fingerprint density at radius 3 is 2.59 bits per heavy atom. The van der Waals surface area contributed by atoms with E-state index in [0.29, 0.717) is 27.9 Å². The fourth-order valence-electron chi connectivity index (χ4n) is 3.22. The maximum absolute atomic E-state index is 13.1. The number of alkyl carbamates (subject to hydrolysis) is 1. The number of hydrogen-bond acceptors (Lipinski definition) is 5. The van der Waals surface area contributed by atoms with Crippen molar-refractivity contribution in [1.82, 2.24) is 10.3 Å². The van der Waals surface area contributed by atoms with Gasteiger partial charge in [-0.15, -0.1) is 0 Å². The van der Waals surface area contributed by atoms with Crippen molar-refractivity contribution in [3.8, 4) is 11.3 Å². The first kappa shape index (κ1) is 20.6. The van der Waals surface area contributed by atoms with Crippen LogP contribution in [0.1, 0.15) is 50.4 Å². The SMILES string of the molecule is Cc1cc([C@@H](C)NC(=O)OC(C)(C)C)c2oc(-c3cccnc3)c(C)c(=O)c2c1. The van der Waals surface area contributed by atoms with Crippen LogP contribution in [0.15, 0.2) is 45.9 Å². The highest BCUT2D eigenvalue weighted by atomic mass is 16.6. The highest BCUT2D eigenvalue weighted by molar-refractivity contribution is 5.84. The van der Waals surface area contributed by atoms with Gasteiger partial charge in [-0.3, -0.25) is 9.78 Å². The zero-order valence-electron chi connectivity index (χ0n) is 17.6. The van der Waals surface area contributed by atoms with Gasteiger partial charge in [-0.05, 0) is 65.3 Å². The molecule has 0 spiro atoms. The minimum Gasteiger partial charge on any atom is -0.455 e. The Morgan fingerprint density at radius 2 is 1.97 bits per heavy atom. The standard InChI is InChI=1S/C23H26N2O4/c1-13-10-17(15(3)25-22(27)29-23(4,5)6)21-18(11-13)19(26)14(2)20(28-21)16-8-7-9-24-12-16/h7-12,15H,1-6H3,(H,25,27)/t15-/m1/s1. The summed E-state index contributed by atoms with van der Waals surface area (Å²) in [6.07, 6.45) is 2.80. The molecule has 0 aliphatic rings. The molecule has 0 bridgehead atoms. The van der Waals surface area contributed by atoms with Gasteiger partial charge in [-0.2, -0.15) is 0 Å². The molecule has 0 saturated carbocycles. The lowest BCUT2D eigenvalue weighted by Gasteiger charge is -2.22. The lowest BCUT2D eigenvalue weighted by Crippen LogP contribution is -2.34. The molecule has 0 unspecified atom stereocenters. The third-order valence-corrected chi connectivity index (χ3v) is 4.52. The number of ether oxygens (including phenoxy) is 1. The quantitative estimate of drug-likeness (QED) is 0.672. The van der Waals surface area contributed by atoms with E-state index in [1.54, 1.807) is 46.2 Å². The summed E-state index contributed by atoms with van der Waals surface area (Å²) in [5.74, 6) is 0.477. The van der Waals surface area contributed by atoms with Gasteiger partial charge in [0.2, 0.25) is 0 Å². The molecule has 29 heavy (non-hydrogen) atoms. The Morgan fingerprint density at radius 1 is 1.24 bits per heavy atom. The molecule has 0 saturated heterocycles. The summed E-state index contributed by atoms with van der Waals surface area (Å²) < 4.78 is 11.6. The number of nitrogens with zero attached hydrogens (tertiary/aromatic N) is 1. The van der Waals surface area contributed by atoms with E-state index in [-0.39, 0.29) is 5.43 Å². The van der Waals surface area contributed by atoms with Gasteiger partial charge < -0.3 is 14.5 Å². The van der Waals surface area contributed by atoms with E-state index in [4.69, 9.17) is 9.15 Å². The second-order valence-electron chi connectivity index (χ2n) is 8.23. The van der Waals surface area contributed by atoms with Crippen LogP contribution in [0.5, 0.6) is 0 Å². The van der Waals surface area contributed by atoms with E-state index in [0.717, 1.165) is 11.1 Å². The van der Waals surface area contributed by atoms with Crippen LogP contribution in [0.2, 0.25) is 0 Å². The largest absolute Gasteiger partial charge is 0.455 e. The topological polar surface area (TPSA) is 81.4 Å². The van der Waals surface area contributed by atoms with E-state index < -0.39 is 17.7 Å². The summed E-state index contributed by atoms with van der Waals surface area (Å²) in [6.45, 7) is 10.9. The van der Waals surface area contributed by atoms with Gasteiger partial charge in [-0.1, -0.05) is 6.07 Å². The first-order valence-corrected chi connectivity index (χ1v) is 9.54. The summed E-state index contributed by atoms with van der Waals surface area (Å²) >= 11 is 0. The number of nitrogens with one attached hydrogen (secondary N) is 1. The molecular weight excluding hydrogens is 368 g/mol. The average molecular weight is 394 g/mol. The van der Waals surface area contributed by atoms with Gasteiger partial charge in [0.15, 0.2) is 5.43 Å². The second kappa shape index (κ2) is 7.70. The van der Waals surface area contributed by atoms with Crippen LogP contribution in [-0.2, 0) is 4.74 Å². The van der Waals surface area contributed by atoms with Crippen LogP contribution >= 0.6 is 0 Å². The minimum atomic E-state index is -0.602. The zero-order chi connectivity index (χ0) is 21.3. The summed E-state index contributed by atoms with van der Waals surface area (Å²) in [5.41, 5.74) is 2.63. The minimum absolute atomic E-state index is 0.0977. The van der Waals surface area contributed by atoms with Gasteiger partial charge in [-0.25, -0.2) is 4.79 Å². The molecule has 1 aromatic carbocycles. The van der Waals surface area contributed by atoms with Crippen LogP contribution < -0.4 is 10.7 Å². The number of aryl methyl sites for hydroxylation is 1. The van der Waals surface area contributed by atoms with Gasteiger partial charge in [0.25, 0.3) is 0 Å². The molecule has 3 aromatic rings. The highest BCUT2D eigenvalue weighted by Crippen LogP contribution is 2.30. The zero-order valence-corrected chi connectivity index (χ0v) is 17.6. The molecule has 0 aliphatic heterocycles. The molecule has 0 fully saturated rings. The molecule has 6 heteroatoms. The number of amides is 1. The number of fused-ring (bicyclic) bond motifs is 1. The number of pyridine rings is 1. The molecule has 1 amide bonds. The molecule has 2 aromatic heterocycles. The lowest BCUT2D eigenvalue weighted by molar-refractivity contribution is 0.0508. The Labute approximate surface area is 169 Å². The van der Waals surface area contributed by atoms with Crippen LogP contribution in [0, 0.1) is 13.8 Å². The third-order valence-electron chi connectivity index (χ3n) is 4.52. The van der Waals surface area contributed by atoms with Crippen molar-refractivity contribution in [3.05, 3.63) is 63.6 Å². The second-order valence-corrected chi connectivity index (χ2v) is 8.23. The fourth-order valence-corrected chi connectivity index (χ4v) is 3.22. The molecule has 1 atom stereocenters. The predicted molar refractivity (Wildman–Crippen MR) is 113 cm³/mol. The van der Waals surface area contributed by atoms with Crippen molar-refractivity contribution in [2.45, 2.75) is 53.2 Å². The Kier molecular flexibility index (Phi) is 5.46. The van der Waals surface area contributed by atoms with Crippen molar-refractivity contribution in [3.63, 3.8) is 0 Å². The maximum Gasteiger partial charge on any atom is 0.408 e. The normalized spacial score (nSPS) is 12.6. The Bertz CT molecular complexity index is 1110. The predicted octanol–water partition coefficient (Wildman–Crippen LogP) is 5.06. The first-order valence-electron chi connectivity index (χ1n) is 9.54. The molecule has 152 valence electrons. The third kappa shape index (κ3) is 4.47. The number of rotatable bonds is 3. The molecule has 1 N–H and O–H groups in total. The van der Waals surface area contributed by atoms with Gasteiger partial charge in [0, 0.05) is 29.1 Å². The first-order chi connectivity index (χ1) is 13.6. The molecule has 0 radical (unpaired) electrons. The summed E-state index contributed by atoms with van der Waals surface area (Å²) in [7, 11) is 0.